The molecule has 2 radical (unpaired) electrons. The summed E-state index contributed by atoms with van der Waals surface area (Å²) in [6.45, 7) is 10.9. The Balaban J connectivity index is 5.62. The maximum Gasteiger partial charge on any atom is 0.299 e. The van der Waals surface area contributed by atoms with Crippen LogP contribution in [0.4, 0.5) is 9.59 Å². The quantitative estimate of drug-likeness (QED) is 0.518. The van der Waals surface area contributed by atoms with Gasteiger partial charge >= 0.3 is 0 Å². The molecule has 0 fully saturated rings. The van der Waals surface area contributed by atoms with E-state index >= 15 is 0 Å². The van der Waals surface area contributed by atoms with Gasteiger partial charge in [0.25, 0.3) is 14.6 Å². The predicted octanol–water partition coefficient (Wildman–Crippen LogP) is 2.92. The second-order valence-corrected chi connectivity index (χ2v) is 4.08. The molecule has 0 heterocycles. The third-order valence-electron chi connectivity index (χ3n) is 2.30. The van der Waals surface area contributed by atoms with E-state index in [1.807, 2.05) is 13.8 Å². The first-order valence-corrected chi connectivity index (χ1v) is 5.67. The fourth-order valence-electron chi connectivity index (χ4n) is 1.46. The van der Waals surface area contributed by atoms with Crippen LogP contribution in [-0.4, -0.2) is 36.5 Å². The van der Waals surface area contributed by atoms with Crippen LogP contribution in [0.5, 0.6) is 0 Å². The Bertz CT molecular complexity index is 448. The van der Waals surface area contributed by atoms with Crippen LogP contribution in [0.15, 0.2) is 47.9 Å². The van der Waals surface area contributed by atoms with Crippen LogP contribution >= 0.6 is 0 Å². The Morgan fingerprint density at radius 2 is 1.58 bits per heavy atom. The summed E-state index contributed by atoms with van der Waals surface area (Å²) < 4.78 is 0. The number of carbonyl (C=O) groups is 2. The normalized spacial score (nSPS) is 12.5. The smallest absolute Gasteiger partial charge is 0.299 e. The van der Waals surface area contributed by atoms with Crippen molar-refractivity contribution in [1.29, 1.82) is 0 Å². The van der Waals surface area contributed by atoms with Crippen LogP contribution < -0.4 is 0 Å². The molecule has 98 valence electrons. The van der Waals surface area contributed by atoms with E-state index in [2.05, 4.69) is 13.2 Å². The number of hydrogen-bond acceptors (Lipinski definition) is 2. The van der Waals surface area contributed by atoms with Crippen LogP contribution in [0.2, 0.25) is 0 Å². The predicted molar refractivity (Wildman–Crippen MR) is 77.9 cm³/mol. The number of hydrogen-bond donors (Lipinski definition) is 2. The standard InChI is InChI=1S/C13H16B2O4/c1-5-9(14-12(16)17)7-10(8(3)4)11(6-2)15-13(18)19/h5-8H,1-2H2,3-4H3,(H,16,17)(H,18,19)/b9-7+,11-10-. The second-order valence-electron chi connectivity index (χ2n) is 4.08. The van der Waals surface area contributed by atoms with Crippen molar-refractivity contribution in [3.63, 3.8) is 0 Å². The van der Waals surface area contributed by atoms with E-state index in [9.17, 15) is 9.59 Å². The summed E-state index contributed by atoms with van der Waals surface area (Å²) in [7, 11) is 2.05. The Morgan fingerprint density at radius 1 is 1.05 bits per heavy atom. The minimum Gasteiger partial charge on any atom is -0.489 e. The van der Waals surface area contributed by atoms with Gasteiger partial charge in [0.2, 0.25) is 11.7 Å². The summed E-state index contributed by atoms with van der Waals surface area (Å²) in [5, 5.41) is 17.5. The van der Waals surface area contributed by atoms with E-state index < -0.39 is 11.7 Å². The molecule has 2 N–H and O–H groups in total. The van der Waals surface area contributed by atoms with Crippen molar-refractivity contribution in [3.8, 4) is 0 Å². The molecule has 0 aliphatic carbocycles. The molecule has 0 rings (SSSR count). The molecule has 0 spiro atoms. The van der Waals surface area contributed by atoms with Gasteiger partial charge in [0.05, 0.1) is 0 Å². The summed E-state index contributed by atoms with van der Waals surface area (Å²) in [5.41, 5.74) is 1.53. The summed E-state index contributed by atoms with van der Waals surface area (Å²) in [6.07, 6.45) is 4.43. The van der Waals surface area contributed by atoms with E-state index in [0.29, 0.717) is 16.5 Å². The van der Waals surface area contributed by atoms with Crippen molar-refractivity contribution in [2.24, 2.45) is 5.92 Å². The Labute approximate surface area is 114 Å². The van der Waals surface area contributed by atoms with E-state index in [1.165, 1.54) is 12.2 Å². The molecule has 0 aromatic heterocycles. The highest BCUT2D eigenvalue weighted by atomic mass is 16.4. The average molecular weight is 258 g/mol. The molecule has 19 heavy (non-hydrogen) atoms. The molecule has 0 atom stereocenters. The van der Waals surface area contributed by atoms with Crippen LogP contribution in [0.1, 0.15) is 13.8 Å². The van der Waals surface area contributed by atoms with Gasteiger partial charge in [-0.1, -0.05) is 61.8 Å². The van der Waals surface area contributed by atoms with Crippen molar-refractivity contribution < 1.29 is 19.8 Å². The first-order valence-electron chi connectivity index (χ1n) is 5.67. The molecule has 0 saturated carbocycles. The van der Waals surface area contributed by atoms with Gasteiger partial charge in [0.15, 0.2) is 0 Å². The average Bonchev–Trinajstić information content (AvgIpc) is 2.30. The van der Waals surface area contributed by atoms with Crippen molar-refractivity contribution in [3.05, 3.63) is 47.9 Å². The van der Waals surface area contributed by atoms with Crippen LogP contribution in [0.3, 0.4) is 0 Å². The molecule has 0 aromatic rings. The van der Waals surface area contributed by atoms with Gasteiger partial charge in [0, 0.05) is 0 Å². The molecule has 0 bridgehead atoms. The van der Waals surface area contributed by atoms with Gasteiger partial charge in [-0.05, 0) is 5.92 Å². The minimum atomic E-state index is -1.09. The van der Waals surface area contributed by atoms with E-state index in [1.54, 1.807) is 6.08 Å². The third-order valence-corrected chi connectivity index (χ3v) is 2.30. The highest BCUT2D eigenvalue weighted by molar-refractivity contribution is 6.78. The fourth-order valence-corrected chi connectivity index (χ4v) is 1.46. The second kappa shape index (κ2) is 8.19. The van der Waals surface area contributed by atoms with Crippen molar-refractivity contribution in [2.75, 3.05) is 0 Å². The molecular weight excluding hydrogens is 242 g/mol. The van der Waals surface area contributed by atoms with E-state index in [0.717, 1.165) is 14.6 Å². The zero-order chi connectivity index (χ0) is 15.0. The lowest BCUT2D eigenvalue weighted by molar-refractivity contribution is 0.219. The van der Waals surface area contributed by atoms with Gasteiger partial charge in [-0.2, -0.15) is 0 Å². The van der Waals surface area contributed by atoms with Crippen molar-refractivity contribution in [1.82, 2.24) is 0 Å². The molecule has 0 aromatic carbocycles. The lowest BCUT2D eigenvalue weighted by atomic mass is 9.64. The van der Waals surface area contributed by atoms with Gasteiger partial charge in [-0.15, -0.1) is 0 Å². The Kier molecular flexibility index (Phi) is 7.34. The maximum absolute atomic E-state index is 10.7. The maximum atomic E-state index is 10.7. The molecule has 6 heteroatoms. The molecule has 0 amide bonds. The van der Waals surface area contributed by atoms with Gasteiger partial charge < -0.3 is 10.2 Å². The summed E-state index contributed by atoms with van der Waals surface area (Å²) in [4.78, 5) is 21.4. The summed E-state index contributed by atoms with van der Waals surface area (Å²) in [5.74, 6) is -2.15. The number of carboxylic acid groups (broad SMARTS) is 2. The van der Waals surface area contributed by atoms with E-state index in [4.69, 9.17) is 10.2 Å². The first-order chi connectivity index (χ1) is 8.81. The van der Waals surface area contributed by atoms with Crippen LogP contribution in [-0.2, 0) is 0 Å². The SMILES string of the molecule is C=C/C([B]C(=O)O)=C\C(=C(\[B]C(=O)O)C=C)C(C)C. The lowest BCUT2D eigenvalue weighted by Gasteiger charge is -2.12. The van der Waals surface area contributed by atoms with Crippen LogP contribution in [0, 0.1) is 5.92 Å². The minimum absolute atomic E-state index is 0.0146. The fraction of sp³-hybridized carbons (Fsp3) is 0.231. The monoisotopic (exact) mass is 258 g/mol. The first kappa shape index (κ1) is 17.0. The zero-order valence-electron chi connectivity index (χ0n) is 11.1. The lowest BCUT2D eigenvalue weighted by Crippen LogP contribution is -2.13. The molecular formula is C13H16B2O4. The largest absolute Gasteiger partial charge is 0.489 e. The molecule has 4 nitrogen and oxygen atoms in total. The Morgan fingerprint density at radius 3 is 1.89 bits per heavy atom. The van der Waals surface area contributed by atoms with Gasteiger partial charge in [0.1, 0.15) is 0 Å². The number of allylic oxidation sites excluding steroid dienone is 6. The molecule has 0 unspecified atom stereocenters. The van der Waals surface area contributed by atoms with Crippen molar-refractivity contribution >= 4 is 26.3 Å². The third kappa shape index (κ3) is 6.50. The molecule has 0 aliphatic rings. The summed E-state index contributed by atoms with van der Waals surface area (Å²) >= 11 is 0. The number of rotatable bonds is 8. The molecule has 0 saturated heterocycles. The van der Waals surface area contributed by atoms with E-state index in [-0.39, 0.29) is 5.92 Å². The van der Waals surface area contributed by atoms with Crippen LogP contribution in [0.25, 0.3) is 0 Å². The highest BCUT2D eigenvalue weighted by Gasteiger charge is 2.13. The van der Waals surface area contributed by atoms with Crippen molar-refractivity contribution in [2.45, 2.75) is 13.8 Å². The van der Waals surface area contributed by atoms with Gasteiger partial charge in [-0.3, -0.25) is 9.59 Å². The summed E-state index contributed by atoms with van der Waals surface area (Å²) in [6, 6.07) is 0. The highest BCUT2D eigenvalue weighted by Crippen LogP contribution is 2.19. The molecule has 0 aliphatic heterocycles. The topological polar surface area (TPSA) is 74.6 Å². The zero-order valence-corrected chi connectivity index (χ0v) is 11.1. The Hall–Kier alpha value is -1.97. The van der Waals surface area contributed by atoms with Gasteiger partial charge in [-0.25, -0.2) is 0 Å².